The molecule has 1 amide bonds. The number of carboxylic acids is 1. The van der Waals surface area contributed by atoms with Crippen LogP contribution in [0.3, 0.4) is 0 Å². The first-order valence-corrected chi connectivity index (χ1v) is 8.84. The summed E-state index contributed by atoms with van der Waals surface area (Å²) in [6, 6.07) is 9.88. The van der Waals surface area contributed by atoms with Crippen LogP contribution >= 0.6 is 0 Å². The Kier molecular flexibility index (Phi) is 5.03. The number of nitrogens with zero attached hydrogens (tertiary/aromatic N) is 1. The smallest absolute Gasteiger partial charge is 0.311 e. The third kappa shape index (κ3) is 3.53. The van der Waals surface area contributed by atoms with E-state index in [4.69, 9.17) is 0 Å². The number of carbonyl (C=O) groups excluding carboxylic acids is 1. The summed E-state index contributed by atoms with van der Waals surface area (Å²) in [5.74, 6) is -0.487. The zero-order chi connectivity index (χ0) is 17.0. The van der Waals surface area contributed by atoms with Crippen LogP contribution in [0.5, 0.6) is 0 Å². The van der Waals surface area contributed by atoms with Gasteiger partial charge in [0.05, 0.1) is 5.41 Å². The molecule has 0 unspecified atom stereocenters. The van der Waals surface area contributed by atoms with Crippen LogP contribution in [-0.2, 0) is 9.59 Å². The number of rotatable bonds is 5. The van der Waals surface area contributed by atoms with Crippen molar-refractivity contribution in [2.45, 2.75) is 38.5 Å². The van der Waals surface area contributed by atoms with Gasteiger partial charge in [0.15, 0.2) is 0 Å². The summed E-state index contributed by atoms with van der Waals surface area (Å²) < 4.78 is 0. The summed E-state index contributed by atoms with van der Waals surface area (Å²) in [4.78, 5) is 26.3. The van der Waals surface area contributed by atoms with E-state index in [9.17, 15) is 14.7 Å². The molecular formula is C20H25NO3. The normalized spacial score (nSPS) is 24.8. The van der Waals surface area contributed by atoms with Gasteiger partial charge in [-0.3, -0.25) is 9.59 Å². The highest BCUT2D eigenvalue weighted by Crippen LogP contribution is 2.37. The average molecular weight is 327 g/mol. The molecule has 1 aromatic rings. The minimum Gasteiger partial charge on any atom is -0.481 e. The van der Waals surface area contributed by atoms with E-state index in [1.165, 1.54) is 0 Å². The van der Waals surface area contributed by atoms with Crippen molar-refractivity contribution in [2.75, 3.05) is 13.1 Å². The van der Waals surface area contributed by atoms with Crippen molar-refractivity contribution < 1.29 is 14.7 Å². The third-order valence-electron chi connectivity index (χ3n) is 5.42. The highest BCUT2D eigenvalue weighted by Gasteiger charge is 2.44. The number of carboxylic acid groups (broad SMARTS) is 1. The number of hydrogen-bond donors (Lipinski definition) is 1. The van der Waals surface area contributed by atoms with Crippen LogP contribution in [0.4, 0.5) is 0 Å². The Balaban J connectivity index is 1.69. The first kappa shape index (κ1) is 16.7. The fraction of sp³-hybridized carbons (Fsp3) is 0.500. The Hall–Kier alpha value is -2.10. The molecule has 1 atom stereocenters. The molecule has 24 heavy (non-hydrogen) atoms. The van der Waals surface area contributed by atoms with Gasteiger partial charge in [-0.25, -0.2) is 0 Å². The molecule has 1 saturated heterocycles. The van der Waals surface area contributed by atoms with Crippen LogP contribution in [-0.4, -0.2) is 35.0 Å². The molecule has 0 aromatic heterocycles. The Morgan fingerprint density at radius 3 is 2.58 bits per heavy atom. The van der Waals surface area contributed by atoms with Crippen LogP contribution in [0.15, 0.2) is 36.4 Å². The molecule has 1 aliphatic carbocycles. The van der Waals surface area contributed by atoms with Gasteiger partial charge in [-0.2, -0.15) is 0 Å². The van der Waals surface area contributed by atoms with Crippen LogP contribution in [0.2, 0.25) is 0 Å². The maximum Gasteiger partial charge on any atom is 0.311 e. The third-order valence-corrected chi connectivity index (χ3v) is 5.42. The van der Waals surface area contributed by atoms with Crippen LogP contribution in [0.25, 0.3) is 6.08 Å². The highest BCUT2D eigenvalue weighted by atomic mass is 16.4. The topological polar surface area (TPSA) is 57.6 Å². The molecule has 0 spiro atoms. The molecule has 0 radical (unpaired) electrons. The summed E-state index contributed by atoms with van der Waals surface area (Å²) in [5.41, 5.74) is 0.222. The van der Waals surface area contributed by atoms with Gasteiger partial charge in [0.2, 0.25) is 5.91 Å². The Morgan fingerprint density at radius 2 is 1.96 bits per heavy atom. The SMILES string of the molecule is O=C(C1CCC1)N1CCC[C@@](C/C=C/c2ccccc2)(C(=O)O)C1. The number of aliphatic carboxylic acids is 1. The van der Waals surface area contributed by atoms with Gasteiger partial charge < -0.3 is 10.0 Å². The maximum atomic E-state index is 12.5. The molecule has 1 heterocycles. The van der Waals surface area contributed by atoms with E-state index >= 15 is 0 Å². The van der Waals surface area contributed by atoms with E-state index in [-0.39, 0.29) is 11.8 Å². The van der Waals surface area contributed by atoms with Gasteiger partial charge in [0.25, 0.3) is 0 Å². The van der Waals surface area contributed by atoms with E-state index < -0.39 is 11.4 Å². The quantitative estimate of drug-likeness (QED) is 0.899. The van der Waals surface area contributed by atoms with Gasteiger partial charge in [-0.05, 0) is 37.7 Å². The lowest BCUT2D eigenvalue weighted by Gasteiger charge is -2.42. The molecule has 2 fully saturated rings. The van der Waals surface area contributed by atoms with E-state index in [1.54, 1.807) is 4.90 Å². The Labute approximate surface area is 143 Å². The summed E-state index contributed by atoms with van der Waals surface area (Å²) in [6.45, 7) is 1.05. The molecule has 3 rings (SSSR count). The van der Waals surface area contributed by atoms with Crippen molar-refractivity contribution in [3.63, 3.8) is 0 Å². The summed E-state index contributed by atoms with van der Waals surface area (Å²) in [6.07, 6.45) is 8.82. The van der Waals surface area contributed by atoms with Gasteiger partial charge in [0.1, 0.15) is 0 Å². The van der Waals surface area contributed by atoms with Gasteiger partial charge >= 0.3 is 5.97 Å². The number of allylic oxidation sites excluding steroid dienone is 1. The predicted molar refractivity (Wildman–Crippen MR) is 93.3 cm³/mol. The van der Waals surface area contributed by atoms with Crippen molar-refractivity contribution >= 4 is 18.0 Å². The summed E-state index contributed by atoms with van der Waals surface area (Å²) >= 11 is 0. The molecule has 4 heteroatoms. The summed E-state index contributed by atoms with van der Waals surface area (Å²) in [5, 5.41) is 9.82. The number of amides is 1. The number of hydrogen-bond acceptors (Lipinski definition) is 2. The van der Waals surface area contributed by atoms with Gasteiger partial charge in [-0.15, -0.1) is 0 Å². The van der Waals surface area contributed by atoms with Crippen LogP contribution in [0.1, 0.15) is 44.1 Å². The Bertz CT molecular complexity index is 621. The number of piperidine rings is 1. The first-order valence-electron chi connectivity index (χ1n) is 8.84. The zero-order valence-corrected chi connectivity index (χ0v) is 14.0. The standard InChI is InChI=1S/C20H25NO3/c22-18(17-10-4-11-17)21-14-6-13-20(15-21,19(23)24)12-5-9-16-7-2-1-3-8-16/h1-3,5,7-9,17H,4,6,10-15H2,(H,23,24)/b9-5+/t20-/m1/s1. The lowest BCUT2D eigenvalue weighted by molar-refractivity contribution is -0.156. The van der Waals surface area contributed by atoms with Crippen LogP contribution < -0.4 is 0 Å². The minimum absolute atomic E-state index is 0.134. The van der Waals surface area contributed by atoms with Gasteiger partial charge in [-0.1, -0.05) is 48.9 Å². The largest absolute Gasteiger partial charge is 0.481 e. The Morgan fingerprint density at radius 1 is 1.21 bits per heavy atom. The summed E-state index contributed by atoms with van der Waals surface area (Å²) in [7, 11) is 0. The first-order chi connectivity index (χ1) is 11.6. The number of likely N-dealkylation sites (tertiary alicyclic amines) is 1. The molecular weight excluding hydrogens is 302 g/mol. The lowest BCUT2D eigenvalue weighted by atomic mass is 9.75. The fourth-order valence-corrected chi connectivity index (χ4v) is 3.65. The fourth-order valence-electron chi connectivity index (χ4n) is 3.65. The second kappa shape index (κ2) is 7.20. The molecule has 1 aromatic carbocycles. The molecule has 1 aliphatic heterocycles. The molecule has 1 N–H and O–H groups in total. The number of carbonyl (C=O) groups is 2. The van der Waals surface area contributed by atoms with Crippen molar-refractivity contribution in [2.24, 2.45) is 11.3 Å². The average Bonchev–Trinajstić information content (AvgIpc) is 2.54. The molecule has 4 nitrogen and oxygen atoms in total. The second-order valence-corrected chi connectivity index (χ2v) is 7.09. The maximum absolute atomic E-state index is 12.5. The highest BCUT2D eigenvalue weighted by molar-refractivity contribution is 5.82. The second-order valence-electron chi connectivity index (χ2n) is 7.09. The van der Waals surface area contributed by atoms with Gasteiger partial charge in [0, 0.05) is 19.0 Å². The van der Waals surface area contributed by atoms with Crippen LogP contribution in [0, 0.1) is 11.3 Å². The van der Waals surface area contributed by atoms with E-state index in [0.29, 0.717) is 25.9 Å². The number of benzene rings is 1. The zero-order valence-electron chi connectivity index (χ0n) is 14.0. The van der Waals surface area contributed by atoms with Crippen molar-refractivity contribution in [3.05, 3.63) is 42.0 Å². The van der Waals surface area contributed by atoms with E-state index in [1.807, 2.05) is 42.5 Å². The molecule has 2 aliphatic rings. The predicted octanol–water partition coefficient (Wildman–Crippen LogP) is 3.58. The molecule has 0 bridgehead atoms. The van der Waals surface area contributed by atoms with Crippen molar-refractivity contribution in [1.29, 1.82) is 0 Å². The van der Waals surface area contributed by atoms with E-state index in [0.717, 1.165) is 31.2 Å². The minimum atomic E-state index is -0.844. The van der Waals surface area contributed by atoms with Crippen molar-refractivity contribution in [1.82, 2.24) is 4.90 Å². The lowest BCUT2D eigenvalue weighted by Crippen LogP contribution is -2.51. The molecule has 1 saturated carbocycles. The molecule has 128 valence electrons. The van der Waals surface area contributed by atoms with E-state index in [2.05, 4.69) is 0 Å². The monoisotopic (exact) mass is 327 g/mol. The van der Waals surface area contributed by atoms with Crippen molar-refractivity contribution in [3.8, 4) is 0 Å².